The summed E-state index contributed by atoms with van der Waals surface area (Å²) in [6, 6.07) is 3.92. The molecule has 0 aliphatic carbocycles. The van der Waals surface area contributed by atoms with E-state index in [1.54, 1.807) is 18.3 Å². The number of carbonyl (C=O) groups excluding carboxylic acids is 1. The molecule has 0 amide bonds. The Morgan fingerprint density at radius 3 is 3.11 bits per heavy atom. The van der Waals surface area contributed by atoms with Gasteiger partial charge in [-0.25, -0.2) is 9.78 Å². The van der Waals surface area contributed by atoms with Crippen molar-refractivity contribution in [3.63, 3.8) is 0 Å². The SMILES string of the molecule is C=CCCc1[nH]c(-c2cccs2)nc1C(=O)OCC. The third kappa shape index (κ3) is 3.12. The van der Waals surface area contributed by atoms with Crippen LogP contribution in [0.3, 0.4) is 0 Å². The number of nitrogens with one attached hydrogen (secondary N) is 1. The zero-order valence-corrected chi connectivity index (χ0v) is 11.6. The molecule has 2 rings (SSSR count). The summed E-state index contributed by atoms with van der Waals surface area (Å²) in [5.41, 5.74) is 1.19. The summed E-state index contributed by atoms with van der Waals surface area (Å²) in [6.45, 7) is 5.83. The van der Waals surface area contributed by atoms with Gasteiger partial charge in [-0.05, 0) is 31.2 Å². The summed E-state index contributed by atoms with van der Waals surface area (Å²) in [4.78, 5) is 20.5. The van der Waals surface area contributed by atoms with Gasteiger partial charge in [0.05, 0.1) is 17.2 Å². The number of hydrogen-bond acceptors (Lipinski definition) is 4. The lowest BCUT2D eigenvalue weighted by molar-refractivity contribution is 0.0519. The average molecular weight is 276 g/mol. The minimum Gasteiger partial charge on any atom is -0.461 e. The topological polar surface area (TPSA) is 55.0 Å². The van der Waals surface area contributed by atoms with E-state index in [1.165, 1.54) is 0 Å². The maximum Gasteiger partial charge on any atom is 0.358 e. The van der Waals surface area contributed by atoms with Crippen LogP contribution >= 0.6 is 11.3 Å². The number of rotatable bonds is 6. The highest BCUT2D eigenvalue weighted by Gasteiger charge is 2.19. The van der Waals surface area contributed by atoms with Gasteiger partial charge in [0.2, 0.25) is 0 Å². The Morgan fingerprint density at radius 2 is 2.47 bits per heavy atom. The van der Waals surface area contributed by atoms with Gasteiger partial charge in [-0.15, -0.1) is 17.9 Å². The molecule has 0 aliphatic rings. The predicted molar refractivity (Wildman–Crippen MR) is 76.4 cm³/mol. The minimum absolute atomic E-state index is 0.348. The average Bonchev–Trinajstić information content (AvgIpc) is 3.05. The number of aryl methyl sites for hydroxylation is 1. The summed E-state index contributed by atoms with van der Waals surface area (Å²) in [5.74, 6) is 0.345. The summed E-state index contributed by atoms with van der Waals surface area (Å²) in [5, 5.41) is 1.98. The zero-order valence-electron chi connectivity index (χ0n) is 10.8. The quantitative estimate of drug-likeness (QED) is 0.649. The highest BCUT2D eigenvalue weighted by molar-refractivity contribution is 7.13. The third-order valence-electron chi connectivity index (χ3n) is 2.60. The number of H-pyrrole nitrogens is 1. The summed E-state index contributed by atoms with van der Waals surface area (Å²) < 4.78 is 5.04. The first-order valence-electron chi connectivity index (χ1n) is 6.17. The second-order valence-corrected chi connectivity index (χ2v) is 4.89. The van der Waals surface area contributed by atoms with E-state index in [0.717, 1.165) is 22.8 Å². The molecule has 1 N–H and O–H groups in total. The molecule has 0 atom stereocenters. The molecule has 2 aromatic rings. The lowest BCUT2D eigenvalue weighted by Gasteiger charge is -2.00. The van der Waals surface area contributed by atoms with Crippen molar-refractivity contribution in [2.75, 3.05) is 6.61 Å². The fourth-order valence-electron chi connectivity index (χ4n) is 1.73. The monoisotopic (exact) mass is 276 g/mol. The van der Waals surface area contributed by atoms with E-state index in [1.807, 2.05) is 23.6 Å². The smallest absolute Gasteiger partial charge is 0.358 e. The van der Waals surface area contributed by atoms with Crippen LogP contribution in [0.1, 0.15) is 29.5 Å². The van der Waals surface area contributed by atoms with E-state index in [4.69, 9.17) is 4.74 Å². The van der Waals surface area contributed by atoms with Gasteiger partial charge in [-0.3, -0.25) is 0 Å². The predicted octanol–water partition coefficient (Wildman–Crippen LogP) is 3.43. The number of carbonyl (C=O) groups is 1. The van der Waals surface area contributed by atoms with Crippen molar-refractivity contribution in [2.24, 2.45) is 0 Å². The molecule has 0 aromatic carbocycles. The van der Waals surface area contributed by atoms with Crippen LogP contribution in [0.25, 0.3) is 10.7 Å². The molecule has 19 heavy (non-hydrogen) atoms. The number of aromatic amines is 1. The van der Waals surface area contributed by atoms with Crippen molar-refractivity contribution in [2.45, 2.75) is 19.8 Å². The van der Waals surface area contributed by atoms with Crippen LogP contribution in [0.2, 0.25) is 0 Å². The molecule has 2 heterocycles. The van der Waals surface area contributed by atoms with E-state index in [2.05, 4.69) is 16.5 Å². The number of nitrogens with zero attached hydrogens (tertiary/aromatic N) is 1. The number of aromatic nitrogens is 2. The molecule has 0 saturated carbocycles. The highest BCUT2D eigenvalue weighted by Crippen LogP contribution is 2.24. The summed E-state index contributed by atoms with van der Waals surface area (Å²) >= 11 is 1.58. The molecule has 0 radical (unpaired) electrons. The molecule has 0 saturated heterocycles. The van der Waals surface area contributed by atoms with Gasteiger partial charge < -0.3 is 9.72 Å². The second kappa shape index (κ2) is 6.33. The number of hydrogen-bond donors (Lipinski definition) is 1. The van der Waals surface area contributed by atoms with Crippen LogP contribution in [-0.2, 0) is 11.2 Å². The largest absolute Gasteiger partial charge is 0.461 e. The first-order valence-corrected chi connectivity index (χ1v) is 7.05. The van der Waals surface area contributed by atoms with Gasteiger partial charge in [0.25, 0.3) is 0 Å². The summed E-state index contributed by atoms with van der Waals surface area (Å²) in [7, 11) is 0. The number of esters is 1. The third-order valence-corrected chi connectivity index (χ3v) is 3.48. The van der Waals surface area contributed by atoms with E-state index in [0.29, 0.717) is 18.7 Å². The van der Waals surface area contributed by atoms with Crippen LogP contribution < -0.4 is 0 Å². The first-order chi connectivity index (χ1) is 9.26. The molecule has 0 bridgehead atoms. The molecule has 2 aromatic heterocycles. The van der Waals surface area contributed by atoms with Crippen molar-refractivity contribution in [3.05, 3.63) is 41.6 Å². The zero-order chi connectivity index (χ0) is 13.7. The summed E-state index contributed by atoms with van der Waals surface area (Å²) in [6.07, 6.45) is 3.31. The Labute approximate surface area is 116 Å². The molecule has 5 heteroatoms. The molecule has 4 nitrogen and oxygen atoms in total. The lowest BCUT2D eigenvalue weighted by atomic mass is 10.2. The fraction of sp³-hybridized carbons (Fsp3) is 0.286. The first kappa shape index (κ1) is 13.5. The Hall–Kier alpha value is -1.88. The Kier molecular flexibility index (Phi) is 4.52. The Balaban J connectivity index is 2.33. The maximum absolute atomic E-state index is 11.9. The van der Waals surface area contributed by atoms with Gasteiger partial charge in [0, 0.05) is 0 Å². The highest BCUT2D eigenvalue weighted by atomic mass is 32.1. The number of thiophene rings is 1. The molecule has 0 aliphatic heterocycles. The van der Waals surface area contributed by atoms with E-state index in [-0.39, 0.29) is 5.97 Å². The maximum atomic E-state index is 11.9. The number of ether oxygens (including phenoxy) is 1. The van der Waals surface area contributed by atoms with Crippen molar-refractivity contribution in [1.82, 2.24) is 9.97 Å². The van der Waals surface area contributed by atoms with Gasteiger partial charge in [-0.2, -0.15) is 0 Å². The van der Waals surface area contributed by atoms with Crippen LogP contribution in [0, 0.1) is 0 Å². The minimum atomic E-state index is -0.374. The van der Waals surface area contributed by atoms with Crippen molar-refractivity contribution < 1.29 is 9.53 Å². The Morgan fingerprint density at radius 1 is 1.63 bits per heavy atom. The van der Waals surface area contributed by atoms with E-state index in [9.17, 15) is 4.79 Å². The van der Waals surface area contributed by atoms with Gasteiger partial charge in [0.1, 0.15) is 5.82 Å². The van der Waals surface area contributed by atoms with Crippen molar-refractivity contribution in [3.8, 4) is 10.7 Å². The molecule has 0 spiro atoms. The second-order valence-electron chi connectivity index (χ2n) is 3.94. The van der Waals surface area contributed by atoms with Crippen molar-refractivity contribution >= 4 is 17.3 Å². The van der Waals surface area contributed by atoms with Crippen molar-refractivity contribution in [1.29, 1.82) is 0 Å². The fourth-order valence-corrected chi connectivity index (χ4v) is 2.40. The number of imidazole rings is 1. The Bertz CT molecular complexity index is 558. The van der Waals surface area contributed by atoms with Gasteiger partial charge in [-0.1, -0.05) is 12.1 Å². The van der Waals surface area contributed by atoms with E-state index < -0.39 is 0 Å². The molecule has 0 fully saturated rings. The molecular weight excluding hydrogens is 260 g/mol. The van der Waals surface area contributed by atoms with Crippen LogP contribution in [0.5, 0.6) is 0 Å². The number of allylic oxidation sites excluding steroid dienone is 1. The standard InChI is InChI=1S/C14H16N2O2S/c1-3-5-7-10-12(14(17)18-4-2)16-13(15-10)11-8-6-9-19-11/h3,6,8-9H,1,4-5,7H2,2H3,(H,15,16). The lowest BCUT2D eigenvalue weighted by Crippen LogP contribution is -2.08. The molecule has 0 unspecified atom stereocenters. The molecule has 100 valence electrons. The van der Waals surface area contributed by atoms with E-state index >= 15 is 0 Å². The van der Waals surface area contributed by atoms with Gasteiger partial charge in [0.15, 0.2) is 5.69 Å². The van der Waals surface area contributed by atoms with Gasteiger partial charge >= 0.3 is 5.97 Å². The normalized spacial score (nSPS) is 10.4. The van der Waals surface area contributed by atoms with Crippen LogP contribution in [-0.4, -0.2) is 22.5 Å². The van der Waals surface area contributed by atoms with Crippen LogP contribution in [0.4, 0.5) is 0 Å². The molecular formula is C14H16N2O2S. The van der Waals surface area contributed by atoms with Crippen LogP contribution in [0.15, 0.2) is 30.2 Å².